The number of guanidine groups is 1. The molecule has 1 fully saturated rings. The molecular weight excluding hydrogens is 330 g/mol. The molecule has 7 heteroatoms. The molecule has 124 valence electrons. The molecule has 0 aromatic heterocycles. The third kappa shape index (κ3) is 3.75. The van der Waals surface area contributed by atoms with Crippen molar-refractivity contribution in [3.05, 3.63) is 23.2 Å². The Morgan fingerprint density at radius 2 is 2.26 bits per heavy atom. The minimum absolute atomic E-state index is 0.255. The summed E-state index contributed by atoms with van der Waals surface area (Å²) in [6.45, 7) is 3.66. The smallest absolute Gasteiger partial charge is 0.225 e. The summed E-state index contributed by atoms with van der Waals surface area (Å²) in [6.07, 6.45) is 7.18. The summed E-state index contributed by atoms with van der Waals surface area (Å²) in [6, 6.07) is 5.60. The van der Waals surface area contributed by atoms with Gasteiger partial charge in [0.15, 0.2) is 0 Å². The Labute approximate surface area is 146 Å². The molecule has 2 aliphatic rings. The molecule has 0 saturated heterocycles. The van der Waals surface area contributed by atoms with Gasteiger partial charge in [-0.3, -0.25) is 9.71 Å². The normalized spacial score (nSPS) is 19.7. The monoisotopic (exact) mass is 351 g/mol. The van der Waals surface area contributed by atoms with Gasteiger partial charge in [0.2, 0.25) is 5.96 Å². The van der Waals surface area contributed by atoms with E-state index in [-0.39, 0.29) is 5.41 Å². The summed E-state index contributed by atoms with van der Waals surface area (Å²) < 4.78 is 3.31. The molecule has 0 amide bonds. The van der Waals surface area contributed by atoms with Crippen LogP contribution in [0.4, 0.5) is 5.69 Å². The number of aliphatic imine (C=N–C) groups is 1. The summed E-state index contributed by atoms with van der Waals surface area (Å²) in [5, 5.41) is 7.14. The van der Waals surface area contributed by atoms with Gasteiger partial charge in [-0.2, -0.15) is 5.10 Å². The molecule has 1 spiro atoms. The standard InChI is InChI=1S/C16H22ClN5S/c1-2-19-15(21-23-12-5-6-14(18)13(17)9-12)22-11-16(10-20-22)7-3-4-8-16/h5-6,9-10H,2-4,7-8,11,18H2,1H3,(H,19,21). The maximum Gasteiger partial charge on any atom is 0.225 e. The first kappa shape index (κ1) is 16.5. The Morgan fingerprint density at radius 1 is 1.48 bits per heavy atom. The third-order valence-electron chi connectivity index (χ3n) is 4.32. The van der Waals surface area contributed by atoms with Gasteiger partial charge >= 0.3 is 0 Å². The number of anilines is 1. The molecule has 3 rings (SSSR count). The zero-order valence-electron chi connectivity index (χ0n) is 13.3. The van der Waals surface area contributed by atoms with Crippen LogP contribution < -0.4 is 10.5 Å². The van der Waals surface area contributed by atoms with Gasteiger partial charge in [-0.15, -0.1) is 0 Å². The zero-order valence-corrected chi connectivity index (χ0v) is 14.8. The second kappa shape index (κ2) is 7.01. The van der Waals surface area contributed by atoms with Crippen LogP contribution in [0.2, 0.25) is 5.02 Å². The van der Waals surface area contributed by atoms with Crippen molar-refractivity contribution in [1.82, 2.24) is 9.73 Å². The maximum absolute atomic E-state index is 6.07. The summed E-state index contributed by atoms with van der Waals surface area (Å²) in [7, 11) is 0. The maximum atomic E-state index is 6.07. The van der Waals surface area contributed by atoms with E-state index < -0.39 is 0 Å². The van der Waals surface area contributed by atoms with Gasteiger partial charge in [-0.25, -0.2) is 5.01 Å². The lowest BCUT2D eigenvalue weighted by Gasteiger charge is -2.23. The molecule has 1 heterocycles. The second-order valence-electron chi connectivity index (χ2n) is 6.06. The quantitative estimate of drug-likeness (QED) is 0.376. The lowest BCUT2D eigenvalue weighted by molar-refractivity contribution is 0.342. The number of hydrogen-bond acceptors (Lipinski definition) is 4. The Morgan fingerprint density at radius 3 is 2.96 bits per heavy atom. The molecule has 1 aromatic rings. The van der Waals surface area contributed by atoms with E-state index in [9.17, 15) is 0 Å². The molecule has 0 unspecified atom stereocenters. The minimum atomic E-state index is 0.255. The zero-order chi connectivity index (χ0) is 16.3. The number of nitrogens with one attached hydrogen (secondary N) is 1. The molecule has 23 heavy (non-hydrogen) atoms. The fourth-order valence-electron chi connectivity index (χ4n) is 3.06. The summed E-state index contributed by atoms with van der Waals surface area (Å²) in [5.74, 6) is 0.797. The molecule has 3 N–H and O–H groups in total. The minimum Gasteiger partial charge on any atom is -0.398 e. The molecule has 0 radical (unpaired) electrons. The molecule has 1 saturated carbocycles. The van der Waals surface area contributed by atoms with E-state index >= 15 is 0 Å². The highest BCUT2D eigenvalue weighted by Crippen LogP contribution is 2.40. The molecule has 1 aliphatic carbocycles. The van der Waals surface area contributed by atoms with Crippen LogP contribution in [0.3, 0.4) is 0 Å². The number of hydrazone groups is 1. The topological polar surface area (TPSA) is 66.0 Å². The summed E-state index contributed by atoms with van der Waals surface area (Å²) >= 11 is 7.54. The molecular formula is C16H22ClN5S. The van der Waals surface area contributed by atoms with E-state index in [1.165, 1.54) is 37.6 Å². The van der Waals surface area contributed by atoms with Crippen molar-refractivity contribution >= 4 is 41.4 Å². The van der Waals surface area contributed by atoms with Gasteiger partial charge in [-0.05, 0) is 49.9 Å². The first-order valence-electron chi connectivity index (χ1n) is 7.97. The molecule has 0 bridgehead atoms. The van der Waals surface area contributed by atoms with Crippen LogP contribution in [0.15, 0.2) is 33.2 Å². The van der Waals surface area contributed by atoms with Gasteiger partial charge < -0.3 is 5.73 Å². The van der Waals surface area contributed by atoms with Crippen molar-refractivity contribution in [2.45, 2.75) is 37.5 Å². The van der Waals surface area contributed by atoms with Crippen molar-refractivity contribution in [3.8, 4) is 0 Å². The van der Waals surface area contributed by atoms with E-state index in [1.54, 1.807) is 0 Å². The highest BCUT2D eigenvalue weighted by atomic mass is 35.5. The highest BCUT2D eigenvalue weighted by molar-refractivity contribution is 7.98. The number of halogens is 1. The van der Waals surface area contributed by atoms with Crippen LogP contribution in [0.5, 0.6) is 0 Å². The van der Waals surface area contributed by atoms with Gasteiger partial charge in [0.25, 0.3) is 0 Å². The Bertz CT molecular complexity index is 625. The largest absolute Gasteiger partial charge is 0.398 e. The lowest BCUT2D eigenvalue weighted by Crippen LogP contribution is -2.37. The van der Waals surface area contributed by atoms with Crippen molar-refractivity contribution in [1.29, 1.82) is 0 Å². The van der Waals surface area contributed by atoms with Gasteiger partial charge in [0.1, 0.15) is 0 Å². The third-order valence-corrected chi connectivity index (χ3v) is 5.42. The summed E-state index contributed by atoms with van der Waals surface area (Å²) in [5.41, 5.74) is 6.59. The van der Waals surface area contributed by atoms with Crippen LogP contribution in [0, 0.1) is 5.41 Å². The van der Waals surface area contributed by atoms with Gasteiger partial charge in [0, 0.05) is 23.1 Å². The first-order chi connectivity index (χ1) is 11.1. The Kier molecular flexibility index (Phi) is 5.02. The lowest BCUT2D eigenvalue weighted by atomic mass is 9.88. The van der Waals surface area contributed by atoms with Crippen LogP contribution in [0.1, 0.15) is 32.6 Å². The number of rotatable bonds is 3. The van der Waals surface area contributed by atoms with E-state index in [2.05, 4.69) is 21.0 Å². The predicted octanol–water partition coefficient (Wildman–Crippen LogP) is 3.76. The number of nitrogens with zero attached hydrogens (tertiary/aromatic N) is 3. The van der Waals surface area contributed by atoms with Gasteiger partial charge in [0.05, 0.1) is 17.3 Å². The van der Waals surface area contributed by atoms with Crippen LogP contribution in [0.25, 0.3) is 0 Å². The molecule has 1 aromatic carbocycles. The average molecular weight is 352 g/mol. The van der Waals surface area contributed by atoms with Crippen molar-refractivity contribution in [2.75, 3.05) is 18.8 Å². The number of hydrogen-bond donors (Lipinski definition) is 2. The first-order valence-corrected chi connectivity index (χ1v) is 9.16. The van der Waals surface area contributed by atoms with E-state index in [1.807, 2.05) is 30.1 Å². The van der Waals surface area contributed by atoms with Crippen LogP contribution >= 0.6 is 23.5 Å². The van der Waals surface area contributed by atoms with Crippen molar-refractivity contribution in [2.24, 2.45) is 15.5 Å². The van der Waals surface area contributed by atoms with Gasteiger partial charge in [-0.1, -0.05) is 24.4 Å². The Hall–Kier alpha value is -1.40. The number of nitrogen functional groups attached to an aromatic ring is 1. The number of benzene rings is 1. The van der Waals surface area contributed by atoms with E-state index in [4.69, 9.17) is 17.3 Å². The second-order valence-corrected chi connectivity index (χ2v) is 7.34. The molecule has 1 aliphatic heterocycles. The molecule has 0 atom stereocenters. The van der Waals surface area contributed by atoms with Crippen molar-refractivity contribution < 1.29 is 0 Å². The predicted molar refractivity (Wildman–Crippen MR) is 98.9 cm³/mol. The average Bonchev–Trinajstić information content (AvgIpc) is 3.17. The van der Waals surface area contributed by atoms with Crippen LogP contribution in [-0.4, -0.2) is 30.3 Å². The fraction of sp³-hybridized carbons (Fsp3) is 0.500. The molecule has 5 nitrogen and oxygen atoms in total. The van der Waals surface area contributed by atoms with E-state index in [0.717, 1.165) is 17.4 Å². The van der Waals surface area contributed by atoms with E-state index in [0.29, 0.717) is 17.3 Å². The van der Waals surface area contributed by atoms with Crippen molar-refractivity contribution in [3.63, 3.8) is 0 Å². The number of nitrogens with two attached hydrogens (primary N) is 1. The fourth-order valence-corrected chi connectivity index (χ4v) is 4.00. The Balaban J connectivity index is 1.65. The highest BCUT2D eigenvalue weighted by Gasteiger charge is 2.39. The van der Waals surface area contributed by atoms with Crippen LogP contribution in [-0.2, 0) is 0 Å². The summed E-state index contributed by atoms with van der Waals surface area (Å²) in [4.78, 5) is 5.55. The SMILES string of the molecule is CCN=C(NSc1ccc(N)c(Cl)c1)N1CC2(C=N1)CCCC2.